The fourth-order valence-electron chi connectivity index (χ4n) is 3.56. The number of carbonyl (C=O) groups is 1. The molecule has 0 aliphatic carbocycles. The lowest BCUT2D eigenvalue weighted by Crippen LogP contribution is -2.31. The third-order valence-corrected chi connectivity index (χ3v) is 5.09. The molecule has 1 aromatic carbocycles. The van der Waals surface area contributed by atoms with Crippen LogP contribution in [-0.4, -0.2) is 59.0 Å². The SMILES string of the molecule is Cc1c(C(=O)NCCCN(C)Cc2ccccc2)nnn1C1CCNCC1. The number of hydrogen-bond donors (Lipinski definition) is 2. The van der Waals surface area contributed by atoms with Gasteiger partial charge in [-0.1, -0.05) is 35.5 Å². The van der Waals surface area contributed by atoms with Crippen LogP contribution in [0.1, 0.15) is 47.1 Å². The Morgan fingerprint density at radius 2 is 2.04 bits per heavy atom. The Kier molecular flexibility index (Phi) is 6.95. The van der Waals surface area contributed by atoms with Crippen LogP contribution in [0, 0.1) is 6.92 Å². The first-order valence-electron chi connectivity index (χ1n) is 9.78. The Morgan fingerprint density at radius 1 is 1.30 bits per heavy atom. The smallest absolute Gasteiger partial charge is 0.273 e. The molecule has 7 heteroatoms. The van der Waals surface area contributed by atoms with Crippen molar-refractivity contribution in [3.8, 4) is 0 Å². The molecule has 2 aromatic rings. The van der Waals surface area contributed by atoms with Crippen LogP contribution in [0.5, 0.6) is 0 Å². The quantitative estimate of drug-likeness (QED) is 0.693. The van der Waals surface area contributed by atoms with Gasteiger partial charge in [0.2, 0.25) is 0 Å². The van der Waals surface area contributed by atoms with Crippen LogP contribution in [-0.2, 0) is 6.54 Å². The van der Waals surface area contributed by atoms with E-state index in [4.69, 9.17) is 0 Å². The Hall–Kier alpha value is -2.25. The average Bonchev–Trinajstić information content (AvgIpc) is 3.08. The second-order valence-electron chi connectivity index (χ2n) is 7.28. The molecule has 2 heterocycles. The van der Waals surface area contributed by atoms with Crippen molar-refractivity contribution < 1.29 is 4.79 Å². The Balaban J connectivity index is 1.42. The Labute approximate surface area is 161 Å². The van der Waals surface area contributed by atoms with Crippen LogP contribution in [0.2, 0.25) is 0 Å². The van der Waals surface area contributed by atoms with E-state index in [9.17, 15) is 4.79 Å². The number of hydrogen-bond acceptors (Lipinski definition) is 5. The van der Waals surface area contributed by atoms with Crippen molar-refractivity contribution in [1.29, 1.82) is 0 Å². The molecule has 0 atom stereocenters. The van der Waals surface area contributed by atoms with Crippen molar-refractivity contribution in [3.63, 3.8) is 0 Å². The molecule has 1 fully saturated rings. The Bertz CT molecular complexity index is 723. The maximum absolute atomic E-state index is 12.4. The summed E-state index contributed by atoms with van der Waals surface area (Å²) in [5, 5.41) is 14.7. The number of carbonyl (C=O) groups excluding carboxylic acids is 1. The number of rotatable bonds is 8. The third-order valence-electron chi connectivity index (χ3n) is 5.09. The van der Waals surface area contributed by atoms with E-state index < -0.39 is 0 Å². The van der Waals surface area contributed by atoms with E-state index in [0.717, 1.165) is 51.1 Å². The van der Waals surface area contributed by atoms with Gasteiger partial charge in [-0.3, -0.25) is 4.79 Å². The van der Waals surface area contributed by atoms with Crippen molar-refractivity contribution in [1.82, 2.24) is 30.5 Å². The zero-order chi connectivity index (χ0) is 19.1. The monoisotopic (exact) mass is 370 g/mol. The van der Waals surface area contributed by atoms with E-state index in [1.165, 1.54) is 5.56 Å². The van der Waals surface area contributed by atoms with E-state index in [1.54, 1.807) is 0 Å². The molecule has 0 bridgehead atoms. The highest BCUT2D eigenvalue weighted by Crippen LogP contribution is 2.20. The van der Waals surface area contributed by atoms with Gasteiger partial charge >= 0.3 is 0 Å². The van der Waals surface area contributed by atoms with Gasteiger partial charge in [-0.15, -0.1) is 5.10 Å². The zero-order valence-electron chi connectivity index (χ0n) is 16.3. The molecule has 0 spiro atoms. The van der Waals surface area contributed by atoms with Crippen LogP contribution in [0.25, 0.3) is 0 Å². The van der Waals surface area contributed by atoms with Crippen molar-refractivity contribution in [3.05, 3.63) is 47.3 Å². The second-order valence-corrected chi connectivity index (χ2v) is 7.28. The minimum absolute atomic E-state index is 0.126. The summed E-state index contributed by atoms with van der Waals surface area (Å²) in [7, 11) is 2.10. The van der Waals surface area contributed by atoms with Crippen molar-refractivity contribution in [2.45, 2.75) is 38.8 Å². The highest BCUT2D eigenvalue weighted by molar-refractivity contribution is 5.93. The van der Waals surface area contributed by atoms with Crippen LogP contribution in [0.15, 0.2) is 30.3 Å². The third kappa shape index (κ3) is 5.37. The van der Waals surface area contributed by atoms with Gasteiger partial charge in [-0.05, 0) is 58.4 Å². The molecule has 0 radical (unpaired) electrons. The lowest BCUT2D eigenvalue weighted by atomic mass is 10.1. The first-order chi connectivity index (χ1) is 13.1. The average molecular weight is 371 g/mol. The normalized spacial score (nSPS) is 15.2. The lowest BCUT2D eigenvalue weighted by molar-refractivity contribution is 0.0946. The van der Waals surface area contributed by atoms with Crippen LogP contribution in [0.3, 0.4) is 0 Å². The fraction of sp³-hybridized carbons (Fsp3) is 0.550. The summed E-state index contributed by atoms with van der Waals surface area (Å²) in [6, 6.07) is 10.7. The predicted octanol–water partition coefficient (Wildman–Crippen LogP) is 1.76. The summed E-state index contributed by atoms with van der Waals surface area (Å²) in [4.78, 5) is 14.7. The highest BCUT2D eigenvalue weighted by atomic mass is 16.2. The molecule has 7 nitrogen and oxygen atoms in total. The minimum atomic E-state index is -0.126. The van der Waals surface area contributed by atoms with Gasteiger partial charge in [-0.2, -0.15) is 0 Å². The first-order valence-corrected chi connectivity index (χ1v) is 9.78. The van der Waals surface area contributed by atoms with E-state index in [-0.39, 0.29) is 5.91 Å². The summed E-state index contributed by atoms with van der Waals surface area (Å²) in [5.41, 5.74) is 2.61. The number of piperidine rings is 1. The molecule has 0 saturated carbocycles. The van der Waals surface area contributed by atoms with Gasteiger partial charge in [0.25, 0.3) is 5.91 Å². The molecule has 1 saturated heterocycles. The summed E-state index contributed by atoms with van der Waals surface area (Å²) in [5.74, 6) is -0.126. The first kappa shape index (κ1) is 19.5. The van der Waals surface area contributed by atoms with Crippen molar-refractivity contribution in [2.75, 3.05) is 33.2 Å². The largest absolute Gasteiger partial charge is 0.351 e. The topological polar surface area (TPSA) is 75.1 Å². The van der Waals surface area contributed by atoms with E-state index in [2.05, 4.69) is 57.2 Å². The number of amides is 1. The summed E-state index contributed by atoms with van der Waals surface area (Å²) in [6.07, 6.45) is 2.95. The molecule has 1 aliphatic rings. The number of nitrogens with one attached hydrogen (secondary N) is 2. The van der Waals surface area contributed by atoms with Crippen molar-refractivity contribution in [2.24, 2.45) is 0 Å². The standard InChI is InChI=1S/C20H30N6O/c1-16-19(23-24-26(16)18-9-12-21-13-10-18)20(27)22-11-6-14-25(2)15-17-7-4-3-5-8-17/h3-5,7-8,18,21H,6,9-15H2,1-2H3,(H,22,27). The van der Waals surface area contributed by atoms with Gasteiger partial charge in [0, 0.05) is 13.1 Å². The maximum atomic E-state index is 12.4. The number of nitrogens with zero attached hydrogens (tertiary/aromatic N) is 4. The van der Waals surface area contributed by atoms with Crippen LogP contribution in [0.4, 0.5) is 0 Å². The molecule has 3 rings (SSSR count). The lowest BCUT2D eigenvalue weighted by Gasteiger charge is -2.23. The van der Waals surface area contributed by atoms with E-state index >= 15 is 0 Å². The molecule has 27 heavy (non-hydrogen) atoms. The molecule has 1 aliphatic heterocycles. The fourth-order valence-corrected chi connectivity index (χ4v) is 3.56. The van der Waals surface area contributed by atoms with Crippen LogP contribution < -0.4 is 10.6 Å². The van der Waals surface area contributed by atoms with Crippen LogP contribution >= 0.6 is 0 Å². The summed E-state index contributed by atoms with van der Waals surface area (Å²) < 4.78 is 1.92. The van der Waals surface area contributed by atoms with E-state index in [0.29, 0.717) is 18.3 Å². The summed E-state index contributed by atoms with van der Waals surface area (Å²) in [6.45, 7) is 6.39. The number of aromatic nitrogens is 3. The molecule has 0 unspecified atom stereocenters. The maximum Gasteiger partial charge on any atom is 0.273 e. The van der Waals surface area contributed by atoms with Gasteiger partial charge in [0.1, 0.15) is 0 Å². The number of benzene rings is 1. The molecular formula is C20H30N6O. The molecule has 2 N–H and O–H groups in total. The van der Waals surface area contributed by atoms with Gasteiger partial charge in [0.15, 0.2) is 5.69 Å². The summed E-state index contributed by atoms with van der Waals surface area (Å²) >= 11 is 0. The van der Waals surface area contributed by atoms with Gasteiger partial charge < -0.3 is 15.5 Å². The molecule has 1 aromatic heterocycles. The van der Waals surface area contributed by atoms with E-state index in [1.807, 2.05) is 17.7 Å². The minimum Gasteiger partial charge on any atom is -0.351 e. The van der Waals surface area contributed by atoms with Crippen molar-refractivity contribution >= 4 is 5.91 Å². The van der Waals surface area contributed by atoms with Gasteiger partial charge in [-0.25, -0.2) is 4.68 Å². The van der Waals surface area contributed by atoms with Gasteiger partial charge in [0.05, 0.1) is 11.7 Å². The second kappa shape index (κ2) is 9.62. The molecule has 146 valence electrons. The molecule has 1 amide bonds. The molecular weight excluding hydrogens is 340 g/mol. The Morgan fingerprint density at radius 3 is 2.78 bits per heavy atom. The highest BCUT2D eigenvalue weighted by Gasteiger charge is 2.22. The zero-order valence-corrected chi connectivity index (χ0v) is 16.3. The predicted molar refractivity (Wildman–Crippen MR) is 106 cm³/mol.